The minimum Gasteiger partial charge on any atom is -0.510 e. The van der Waals surface area contributed by atoms with Gasteiger partial charge in [-0.05, 0) is 87.0 Å². The first-order chi connectivity index (χ1) is 14.0. The summed E-state index contributed by atoms with van der Waals surface area (Å²) >= 11 is 1.18. The molecule has 3 heteroatoms. The molecule has 0 aliphatic carbocycles. The number of hydrogen-bond donors (Lipinski definition) is 1. The van der Waals surface area contributed by atoms with E-state index in [2.05, 4.69) is 58.9 Å². The van der Waals surface area contributed by atoms with Crippen LogP contribution in [-0.4, -0.2) is 15.0 Å². The minimum atomic E-state index is -0.633. The van der Waals surface area contributed by atoms with E-state index in [1.807, 2.05) is 19.1 Å². The fraction of sp³-hybridized carbons (Fsp3) is 0.519. The molecule has 166 valence electrons. The third-order valence-electron chi connectivity index (χ3n) is 5.39. The summed E-state index contributed by atoms with van der Waals surface area (Å²) in [5.41, 5.74) is 6.09. The van der Waals surface area contributed by atoms with Crippen molar-refractivity contribution >= 4 is 16.9 Å². The molecule has 0 spiro atoms. The van der Waals surface area contributed by atoms with E-state index in [-0.39, 0.29) is 10.9 Å². The Morgan fingerprint density at radius 1 is 0.900 bits per heavy atom. The molecule has 0 radical (unpaired) electrons. The van der Waals surface area contributed by atoms with Gasteiger partial charge in [-0.15, -0.1) is 0 Å². The summed E-state index contributed by atoms with van der Waals surface area (Å²) in [6, 6.07) is 0. The van der Waals surface area contributed by atoms with Crippen molar-refractivity contribution < 1.29 is 9.90 Å². The molecular formula is C27H40O2S. The highest BCUT2D eigenvalue weighted by Gasteiger charge is 2.39. The zero-order valence-electron chi connectivity index (χ0n) is 20.0. The Morgan fingerprint density at radius 3 is 1.87 bits per heavy atom. The van der Waals surface area contributed by atoms with Crippen molar-refractivity contribution in [3.63, 3.8) is 0 Å². The second-order valence-corrected chi connectivity index (χ2v) is 10.3. The Labute approximate surface area is 188 Å². The molecule has 1 rings (SSSR count). The second kappa shape index (κ2) is 12.8. The summed E-state index contributed by atoms with van der Waals surface area (Å²) in [7, 11) is 0. The van der Waals surface area contributed by atoms with E-state index in [1.165, 1.54) is 34.1 Å². The zero-order valence-corrected chi connectivity index (χ0v) is 20.8. The topological polar surface area (TPSA) is 37.3 Å². The predicted molar refractivity (Wildman–Crippen MR) is 134 cm³/mol. The molecule has 1 heterocycles. The van der Waals surface area contributed by atoms with Gasteiger partial charge in [0.15, 0.2) is 0 Å². The molecule has 0 bridgehead atoms. The second-order valence-electron chi connectivity index (χ2n) is 8.84. The van der Waals surface area contributed by atoms with Crippen LogP contribution < -0.4 is 0 Å². The van der Waals surface area contributed by atoms with Crippen LogP contribution in [0, 0.1) is 0 Å². The van der Waals surface area contributed by atoms with Crippen LogP contribution in [-0.2, 0) is 4.79 Å². The van der Waals surface area contributed by atoms with E-state index in [0.29, 0.717) is 5.57 Å². The Kier molecular flexibility index (Phi) is 11.3. The monoisotopic (exact) mass is 428 g/mol. The number of carbonyl (C=O) groups is 1. The minimum absolute atomic E-state index is 0.0427. The SMILES string of the molecule is CC(C)=CCC/C(C)=C/CC/C(C)=C/CC/C(C)=C/C=C/C1(C)SC(=O)C(C)=C1O. The van der Waals surface area contributed by atoms with Crippen molar-refractivity contribution in [2.45, 2.75) is 91.7 Å². The molecule has 0 fully saturated rings. The van der Waals surface area contributed by atoms with E-state index in [4.69, 9.17) is 0 Å². The third kappa shape index (κ3) is 9.38. The number of thioether (sulfide) groups is 1. The number of rotatable bonds is 11. The lowest BCUT2D eigenvalue weighted by Gasteiger charge is -2.17. The fourth-order valence-electron chi connectivity index (χ4n) is 3.26. The zero-order chi connectivity index (χ0) is 22.7. The van der Waals surface area contributed by atoms with Crippen molar-refractivity contribution in [2.24, 2.45) is 0 Å². The summed E-state index contributed by atoms with van der Waals surface area (Å²) in [5.74, 6) is 0.180. The van der Waals surface area contributed by atoms with Crippen LogP contribution in [0.25, 0.3) is 0 Å². The van der Waals surface area contributed by atoms with Crippen LogP contribution >= 0.6 is 11.8 Å². The smallest absolute Gasteiger partial charge is 0.219 e. The number of hydrogen-bond acceptors (Lipinski definition) is 3. The van der Waals surface area contributed by atoms with E-state index >= 15 is 0 Å². The summed E-state index contributed by atoms with van der Waals surface area (Å²) in [4.78, 5) is 11.8. The molecule has 2 nitrogen and oxygen atoms in total. The van der Waals surface area contributed by atoms with Crippen LogP contribution in [0.3, 0.4) is 0 Å². The Bertz CT molecular complexity index is 786. The summed E-state index contributed by atoms with van der Waals surface area (Å²) < 4.78 is -0.633. The Morgan fingerprint density at radius 2 is 1.40 bits per heavy atom. The van der Waals surface area contributed by atoms with E-state index in [0.717, 1.165) is 38.5 Å². The first-order valence-electron chi connectivity index (χ1n) is 11.0. The maximum absolute atomic E-state index is 11.8. The van der Waals surface area contributed by atoms with Gasteiger partial charge < -0.3 is 5.11 Å². The number of aliphatic hydroxyl groups excluding tert-OH is 1. The molecule has 0 aromatic heterocycles. The standard InChI is InChI=1S/C27H40O2S/c1-20(2)12-8-13-21(3)14-9-15-22(4)16-10-17-23(5)18-11-19-27(7)25(28)24(6)26(29)30-27/h11-12,14,16,18-19,28H,8-10,13,15,17H2,1-7H3/b19-11+,21-14+,22-16+,23-18+. The van der Waals surface area contributed by atoms with Gasteiger partial charge in [0.2, 0.25) is 5.12 Å². The molecule has 1 atom stereocenters. The molecule has 1 aliphatic rings. The summed E-state index contributed by atoms with van der Waals surface area (Å²) in [6.07, 6.45) is 19.6. The third-order valence-corrected chi connectivity index (χ3v) is 6.63. The van der Waals surface area contributed by atoms with Crippen LogP contribution in [0.1, 0.15) is 87.0 Å². The van der Waals surface area contributed by atoms with Gasteiger partial charge in [0.25, 0.3) is 0 Å². The normalized spacial score (nSPS) is 21.2. The molecule has 1 unspecified atom stereocenters. The lowest BCUT2D eigenvalue weighted by Crippen LogP contribution is -2.16. The molecule has 0 saturated carbocycles. The van der Waals surface area contributed by atoms with Crippen molar-refractivity contribution in [2.75, 3.05) is 0 Å². The van der Waals surface area contributed by atoms with Gasteiger partial charge in [0.1, 0.15) is 5.76 Å². The van der Waals surface area contributed by atoms with E-state index in [9.17, 15) is 9.90 Å². The predicted octanol–water partition coefficient (Wildman–Crippen LogP) is 8.55. The highest BCUT2D eigenvalue weighted by molar-refractivity contribution is 8.16. The van der Waals surface area contributed by atoms with Gasteiger partial charge in [0, 0.05) is 5.57 Å². The van der Waals surface area contributed by atoms with Crippen LogP contribution in [0.15, 0.2) is 70.1 Å². The fourth-order valence-corrected chi connectivity index (χ4v) is 4.30. The van der Waals surface area contributed by atoms with Crippen molar-refractivity contribution in [1.29, 1.82) is 0 Å². The largest absolute Gasteiger partial charge is 0.510 e. The maximum Gasteiger partial charge on any atom is 0.219 e. The molecule has 0 amide bonds. The van der Waals surface area contributed by atoms with E-state index in [1.54, 1.807) is 6.92 Å². The molecule has 0 aromatic carbocycles. The van der Waals surface area contributed by atoms with Crippen LogP contribution in [0.4, 0.5) is 0 Å². The van der Waals surface area contributed by atoms with Crippen molar-refractivity contribution in [3.05, 3.63) is 70.1 Å². The maximum atomic E-state index is 11.8. The highest BCUT2D eigenvalue weighted by atomic mass is 32.2. The molecule has 0 aromatic rings. The molecular weight excluding hydrogens is 388 g/mol. The summed E-state index contributed by atoms with van der Waals surface area (Å²) in [6.45, 7) is 14.4. The molecule has 1 N–H and O–H groups in total. The average molecular weight is 429 g/mol. The number of carbonyl (C=O) groups excluding carboxylic acids is 1. The van der Waals surface area contributed by atoms with Crippen LogP contribution in [0.5, 0.6) is 0 Å². The Hall–Kier alpha value is -1.74. The van der Waals surface area contributed by atoms with Gasteiger partial charge in [-0.2, -0.15) is 0 Å². The van der Waals surface area contributed by atoms with Crippen molar-refractivity contribution in [1.82, 2.24) is 0 Å². The first-order valence-corrected chi connectivity index (χ1v) is 11.8. The first kappa shape index (κ1) is 26.3. The summed E-state index contributed by atoms with van der Waals surface area (Å²) in [5, 5.41) is 10.1. The van der Waals surface area contributed by atoms with Crippen LogP contribution in [0.2, 0.25) is 0 Å². The van der Waals surface area contributed by atoms with Gasteiger partial charge in [-0.25, -0.2) is 0 Å². The number of aliphatic hydroxyl groups is 1. The lowest BCUT2D eigenvalue weighted by atomic mass is 10.0. The van der Waals surface area contributed by atoms with Gasteiger partial charge in [-0.3, -0.25) is 4.79 Å². The average Bonchev–Trinajstić information content (AvgIpc) is 2.84. The van der Waals surface area contributed by atoms with Crippen molar-refractivity contribution in [3.8, 4) is 0 Å². The van der Waals surface area contributed by atoms with Gasteiger partial charge >= 0.3 is 0 Å². The molecule has 30 heavy (non-hydrogen) atoms. The highest BCUT2D eigenvalue weighted by Crippen LogP contribution is 2.43. The quantitative estimate of drug-likeness (QED) is 0.264. The number of allylic oxidation sites excluding steroid dienone is 9. The molecule has 0 saturated heterocycles. The Balaban J connectivity index is 2.40. The molecule has 1 aliphatic heterocycles. The van der Waals surface area contributed by atoms with Gasteiger partial charge in [-0.1, -0.05) is 70.5 Å². The lowest BCUT2D eigenvalue weighted by molar-refractivity contribution is -0.107. The van der Waals surface area contributed by atoms with Gasteiger partial charge in [0.05, 0.1) is 4.75 Å². The van der Waals surface area contributed by atoms with E-state index < -0.39 is 4.75 Å².